The van der Waals surface area contributed by atoms with Crippen LogP contribution in [0.5, 0.6) is 0 Å². The third-order valence-electron chi connectivity index (χ3n) is 1.54. The van der Waals surface area contributed by atoms with Gasteiger partial charge in [-0.2, -0.15) is 0 Å². The van der Waals surface area contributed by atoms with Crippen LogP contribution in [0.2, 0.25) is 0 Å². The van der Waals surface area contributed by atoms with Crippen molar-refractivity contribution in [1.82, 2.24) is 5.32 Å². The Morgan fingerprint density at radius 3 is 2.46 bits per heavy atom. The maximum atomic E-state index is 11.4. The van der Waals surface area contributed by atoms with Gasteiger partial charge in [0.15, 0.2) is 0 Å². The minimum absolute atomic E-state index is 0.127. The van der Waals surface area contributed by atoms with Gasteiger partial charge in [0.1, 0.15) is 5.25 Å². The Bertz CT molecular complexity index is 195. The minimum atomic E-state index is -1.16. The van der Waals surface area contributed by atoms with Crippen LogP contribution in [0.25, 0.3) is 0 Å². The summed E-state index contributed by atoms with van der Waals surface area (Å²) >= 11 is 0. The molecule has 3 unspecified atom stereocenters. The average molecular weight is 206 g/mol. The van der Waals surface area contributed by atoms with Gasteiger partial charge < -0.3 is 11.1 Å². The van der Waals surface area contributed by atoms with Crippen molar-refractivity contribution in [3.05, 3.63) is 0 Å². The van der Waals surface area contributed by atoms with Gasteiger partial charge >= 0.3 is 0 Å². The minimum Gasteiger partial charge on any atom is -0.355 e. The van der Waals surface area contributed by atoms with Gasteiger partial charge in [-0.25, -0.2) is 0 Å². The molecular formula is C8H18N2O2S. The molecule has 4 nitrogen and oxygen atoms in total. The van der Waals surface area contributed by atoms with Gasteiger partial charge in [0.2, 0.25) is 5.91 Å². The van der Waals surface area contributed by atoms with Gasteiger partial charge in [-0.15, -0.1) is 0 Å². The summed E-state index contributed by atoms with van der Waals surface area (Å²) in [5.41, 5.74) is 5.48. The average Bonchev–Trinajstić information content (AvgIpc) is 2.02. The van der Waals surface area contributed by atoms with E-state index in [1.807, 2.05) is 6.92 Å². The predicted octanol–water partition coefficient (Wildman–Crippen LogP) is -0.393. The third kappa shape index (κ3) is 5.00. The zero-order chi connectivity index (χ0) is 10.4. The van der Waals surface area contributed by atoms with E-state index in [2.05, 4.69) is 5.32 Å². The number of hydrogen-bond acceptors (Lipinski definition) is 3. The lowest BCUT2D eigenvalue weighted by Gasteiger charge is -2.12. The lowest BCUT2D eigenvalue weighted by molar-refractivity contribution is -0.120. The van der Waals surface area contributed by atoms with E-state index in [-0.39, 0.29) is 11.9 Å². The van der Waals surface area contributed by atoms with E-state index >= 15 is 0 Å². The van der Waals surface area contributed by atoms with Crippen LogP contribution in [0.4, 0.5) is 0 Å². The molecule has 0 bridgehead atoms. The highest BCUT2D eigenvalue weighted by molar-refractivity contribution is 7.86. The molecular weight excluding hydrogens is 188 g/mol. The number of rotatable bonds is 5. The monoisotopic (exact) mass is 206 g/mol. The third-order valence-corrected chi connectivity index (χ3v) is 3.40. The summed E-state index contributed by atoms with van der Waals surface area (Å²) in [5.74, 6) is 0.208. The summed E-state index contributed by atoms with van der Waals surface area (Å²) in [6, 6.07) is -0.127. The van der Waals surface area contributed by atoms with Gasteiger partial charge in [-0.1, -0.05) is 0 Å². The molecule has 3 atom stereocenters. The highest BCUT2D eigenvalue weighted by atomic mass is 32.2. The molecule has 5 heteroatoms. The van der Waals surface area contributed by atoms with E-state index < -0.39 is 16.0 Å². The molecule has 0 aromatic carbocycles. The molecule has 0 spiro atoms. The Hall–Kier alpha value is -0.420. The fourth-order valence-corrected chi connectivity index (χ4v) is 1.97. The van der Waals surface area contributed by atoms with E-state index in [9.17, 15) is 9.00 Å². The first-order valence-corrected chi connectivity index (χ1v) is 5.77. The fraction of sp³-hybridized carbons (Fsp3) is 0.875. The Labute approximate surface area is 81.7 Å². The molecule has 0 aromatic rings. The maximum Gasteiger partial charge on any atom is 0.235 e. The van der Waals surface area contributed by atoms with Crippen LogP contribution < -0.4 is 11.1 Å². The summed E-state index contributed by atoms with van der Waals surface area (Å²) in [5, 5.41) is 2.16. The molecule has 0 heterocycles. The molecule has 1 amide bonds. The van der Waals surface area contributed by atoms with Crippen molar-refractivity contribution in [2.45, 2.75) is 32.1 Å². The van der Waals surface area contributed by atoms with Crippen LogP contribution in [-0.4, -0.2) is 33.7 Å². The first kappa shape index (κ1) is 12.6. The number of hydrogen-bond donors (Lipinski definition) is 2. The smallest absolute Gasteiger partial charge is 0.235 e. The van der Waals surface area contributed by atoms with Gasteiger partial charge in [-0.05, 0) is 20.8 Å². The van der Waals surface area contributed by atoms with E-state index in [4.69, 9.17) is 5.73 Å². The van der Waals surface area contributed by atoms with Crippen molar-refractivity contribution in [3.63, 3.8) is 0 Å². The van der Waals surface area contributed by atoms with Crippen molar-refractivity contribution >= 4 is 16.7 Å². The Balaban J connectivity index is 4.01. The molecule has 0 aliphatic carbocycles. The second-order valence-corrected chi connectivity index (χ2v) is 4.86. The number of nitrogens with two attached hydrogens (primary N) is 1. The molecule has 0 aromatic heterocycles. The number of carbonyl (C=O) groups is 1. The molecule has 0 aliphatic rings. The zero-order valence-electron chi connectivity index (χ0n) is 8.37. The zero-order valence-corrected chi connectivity index (χ0v) is 9.19. The molecule has 0 saturated heterocycles. The lowest BCUT2D eigenvalue weighted by Crippen LogP contribution is -2.38. The van der Waals surface area contributed by atoms with Crippen molar-refractivity contribution in [1.29, 1.82) is 0 Å². The topological polar surface area (TPSA) is 72.2 Å². The van der Waals surface area contributed by atoms with Gasteiger partial charge in [0.05, 0.1) is 0 Å². The summed E-state index contributed by atoms with van der Waals surface area (Å²) in [4.78, 5) is 11.2. The van der Waals surface area contributed by atoms with Crippen LogP contribution >= 0.6 is 0 Å². The summed E-state index contributed by atoms with van der Waals surface area (Å²) in [6.45, 7) is 5.84. The summed E-state index contributed by atoms with van der Waals surface area (Å²) < 4.78 is 11.4. The van der Waals surface area contributed by atoms with Crippen molar-refractivity contribution in [3.8, 4) is 0 Å². The molecule has 0 saturated carbocycles. The second kappa shape index (κ2) is 6.10. The molecule has 3 N–H and O–H groups in total. The van der Waals surface area contributed by atoms with Gasteiger partial charge in [0, 0.05) is 29.1 Å². The van der Waals surface area contributed by atoms with E-state index in [0.29, 0.717) is 12.3 Å². The Kier molecular flexibility index (Phi) is 5.90. The van der Waals surface area contributed by atoms with Crippen LogP contribution in [0.3, 0.4) is 0 Å². The molecule has 0 radical (unpaired) electrons. The highest BCUT2D eigenvalue weighted by Crippen LogP contribution is 1.97. The van der Waals surface area contributed by atoms with E-state index in [1.54, 1.807) is 13.8 Å². The summed E-state index contributed by atoms with van der Waals surface area (Å²) in [7, 11) is -1.16. The number of nitrogens with one attached hydrogen (secondary N) is 1. The number of amides is 1. The van der Waals surface area contributed by atoms with E-state index in [1.165, 1.54) is 0 Å². The SMILES string of the molecule is CCNC(=O)C(C)S(=O)CC(C)N. The Morgan fingerprint density at radius 2 is 2.08 bits per heavy atom. The molecule has 13 heavy (non-hydrogen) atoms. The number of carbonyl (C=O) groups excluding carboxylic acids is 1. The first-order valence-electron chi connectivity index (χ1n) is 4.39. The van der Waals surface area contributed by atoms with Crippen LogP contribution in [0.15, 0.2) is 0 Å². The lowest BCUT2D eigenvalue weighted by atomic mass is 10.4. The largest absolute Gasteiger partial charge is 0.355 e. The van der Waals surface area contributed by atoms with Crippen molar-refractivity contribution < 1.29 is 9.00 Å². The van der Waals surface area contributed by atoms with E-state index in [0.717, 1.165) is 0 Å². The predicted molar refractivity (Wildman–Crippen MR) is 54.8 cm³/mol. The van der Waals surface area contributed by atoms with Gasteiger partial charge in [0.25, 0.3) is 0 Å². The molecule has 78 valence electrons. The molecule has 0 rings (SSSR count). The maximum absolute atomic E-state index is 11.4. The second-order valence-electron chi connectivity index (χ2n) is 3.06. The van der Waals surface area contributed by atoms with Crippen LogP contribution in [0.1, 0.15) is 20.8 Å². The molecule has 0 fully saturated rings. The standard InChI is InChI=1S/C8H18N2O2S/c1-4-10-8(11)7(3)13(12)5-6(2)9/h6-7H,4-5,9H2,1-3H3,(H,10,11). The first-order chi connectivity index (χ1) is 5.99. The molecule has 0 aliphatic heterocycles. The highest BCUT2D eigenvalue weighted by Gasteiger charge is 2.19. The quantitative estimate of drug-likeness (QED) is 0.643. The Morgan fingerprint density at radius 1 is 1.54 bits per heavy atom. The van der Waals surface area contributed by atoms with Gasteiger partial charge in [-0.3, -0.25) is 9.00 Å². The van der Waals surface area contributed by atoms with Crippen molar-refractivity contribution in [2.24, 2.45) is 5.73 Å². The normalized spacial score (nSPS) is 17.5. The van der Waals surface area contributed by atoms with Crippen LogP contribution in [-0.2, 0) is 15.6 Å². The summed E-state index contributed by atoms with van der Waals surface area (Å²) in [6.07, 6.45) is 0. The van der Waals surface area contributed by atoms with Crippen LogP contribution in [0, 0.1) is 0 Å². The van der Waals surface area contributed by atoms with Crippen molar-refractivity contribution in [2.75, 3.05) is 12.3 Å². The fourth-order valence-electron chi connectivity index (χ4n) is 0.841.